The van der Waals surface area contributed by atoms with Crippen LogP contribution in [-0.4, -0.2) is 51.7 Å². The highest BCUT2D eigenvalue weighted by molar-refractivity contribution is 6.09. The summed E-state index contributed by atoms with van der Waals surface area (Å²) in [6.45, 7) is 16.8. The number of anilines is 4. The van der Waals surface area contributed by atoms with Crippen molar-refractivity contribution >= 4 is 44.3 Å². The van der Waals surface area contributed by atoms with Gasteiger partial charge in [-0.2, -0.15) is 0 Å². The van der Waals surface area contributed by atoms with E-state index in [-0.39, 0.29) is 11.3 Å². The Labute approximate surface area is 264 Å². The molecule has 2 aliphatic heterocycles. The number of benzene rings is 4. The first kappa shape index (κ1) is 31.9. The Balaban J connectivity index is 0.000000924. The zero-order valence-electron chi connectivity index (χ0n) is 28.7. The van der Waals surface area contributed by atoms with E-state index in [1.165, 1.54) is 0 Å². The van der Waals surface area contributed by atoms with Gasteiger partial charge >= 0.3 is 0 Å². The Bertz CT molecular complexity index is 1530. The Morgan fingerprint density at radius 3 is 1.09 bits per heavy atom. The molecule has 0 spiro atoms. The molecule has 1 saturated carbocycles. The van der Waals surface area contributed by atoms with E-state index < -0.39 is 24.0 Å². The second kappa shape index (κ2) is 11.1. The first-order valence-corrected chi connectivity index (χ1v) is 16.3. The van der Waals surface area contributed by atoms with Crippen molar-refractivity contribution in [3.8, 4) is 0 Å². The minimum Gasteiger partial charge on any atom is -0.851 e. The third-order valence-electron chi connectivity index (χ3n) is 10.9. The van der Waals surface area contributed by atoms with Crippen LogP contribution >= 0.6 is 0 Å². The Morgan fingerprint density at radius 2 is 0.773 bits per heavy atom. The van der Waals surface area contributed by atoms with Gasteiger partial charge in [-0.3, -0.25) is 0 Å². The van der Waals surface area contributed by atoms with Crippen LogP contribution in [0.5, 0.6) is 0 Å². The van der Waals surface area contributed by atoms with Crippen molar-refractivity contribution in [2.75, 3.05) is 47.8 Å². The monoisotopic (exact) mass is 594 g/mol. The second-order valence-corrected chi connectivity index (χ2v) is 13.0. The summed E-state index contributed by atoms with van der Waals surface area (Å²) >= 11 is 0. The van der Waals surface area contributed by atoms with E-state index >= 15 is 0 Å². The van der Waals surface area contributed by atoms with Crippen LogP contribution < -0.4 is 29.8 Å². The molecule has 6 heteroatoms. The van der Waals surface area contributed by atoms with Gasteiger partial charge in [0.2, 0.25) is 0 Å². The molecule has 4 aromatic rings. The average Bonchev–Trinajstić information content (AvgIpc) is 3.04. The van der Waals surface area contributed by atoms with Crippen molar-refractivity contribution in [3.63, 3.8) is 0 Å². The normalized spacial score (nSPS) is 24.3. The van der Waals surface area contributed by atoms with Crippen LogP contribution in [0, 0.1) is 0 Å². The summed E-state index contributed by atoms with van der Waals surface area (Å²) in [7, 11) is 8.45. The van der Waals surface area contributed by atoms with Crippen LogP contribution in [0.2, 0.25) is 0 Å². The lowest BCUT2D eigenvalue weighted by atomic mass is 9.62. The van der Waals surface area contributed by atoms with Gasteiger partial charge in [-0.05, 0) is 85.7 Å². The van der Waals surface area contributed by atoms with Gasteiger partial charge in [0.25, 0.3) is 0 Å². The molecule has 1 fully saturated rings. The third kappa shape index (κ3) is 4.13. The maximum atomic E-state index is 14.1. The Morgan fingerprint density at radius 1 is 0.477 bits per heavy atom. The molecule has 0 unspecified atom stereocenters. The van der Waals surface area contributed by atoms with E-state index in [1.807, 2.05) is 39.8 Å². The highest BCUT2D eigenvalue weighted by Gasteiger charge is 2.43. The SMILES string of the molecule is CC.CC.CN1c2cccc3c(C4C([O-])C(c5ccc6c7c(cccc57)N(C)C(C)(C)N6C)C4[O-])ccc(c23)N(C)C1(C)C. The van der Waals surface area contributed by atoms with E-state index in [0.717, 1.165) is 55.4 Å². The lowest BCUT2D eigenvalue weighted by Gasteiger charge is -2.62. The molecule has 6 nitrogen and oxygen atoms in total. The summed E-state index contributed by atoms with van der Waals surface area (Å²) in [6.07, 6.45) is -2.00. The molecule has 0 amide bonds. The summed E-state index contributed by atoms with van der Waals surface area (Å²) < 4.78 is 0. The molecule has 0 atom stereocenters. The fraction of sp³-hybridized carbons (Fsp3) is 0.474. The highest BCUT2D eigenvalue weighted by Crippen LogP contribution is 2.54. The molecule has 44 heavy (non-hydrogen) atoms. The van der Waals surface area contributed by atoms with Crippen LogP contribution in [0.4, 0.5) is 22.7 Å². The lowest BCUT2D eigenvalue weighted by Crippen LogP contribution is -2.63. The number of hydrogen-bond donors (Lipinski definition) is 0. The molecule has 236 valence electrons. The van der Waals surface area contributed by atoms with Crippen molar-refractivity contribution in [1.82, 2.24) is 0 Å². The molecule has 3 aliphatic rings. The molecule has 0 N–H and O–H groups in total. The number of rotatable bonds is 2. The molecule has 0 bridgehead atoms. The van der Waals surface area contributed by atoms with Gasteiger partial charge in [0, 0.05) is 61.7 Å². The smallest absolute Gasteiger partial charge is 0.106 e. The predicted octanol–water partition coefficient (Wildman–Crippen LogP) is 6.63. The first-order chi connectivity index (χ1) is 20.9. The molecule has 7 rings (SSSR count). The number of hydrogen-bond acceptors (Lipinski definition) is 6. The predicted molar refractivity (Wildman–Crippen MR) is 185 cm³/mol. The van der Waals surface area contributed by atoms with Crippen LogP contribution in [-0.2, 0) is 0 Å². The zero-order valence-corrected chi connectivity index (χ0v) is 28.7. The van der Waals surface area contributed by atoms with Crippen LogP contribution in [0.1, 0.15) is 78.4 Å². The molecule has 4 aromatic carbocycles. The van der Waals surface area contributed by atoms with Gasteiger partial charge in [0.05, 0.1) is 0 Å². The quantitative estimate of drug-likeness (QED) is 0.260. The molecule has 0 saturated heterocycles. The molecule has 0 aromatic heterocycles. The maximum Gasteiger partial charge on any atom is 0.106 e. The van der Waals surface area contributed by atoms with Gasteiger partial charge in [-0.1, -0.05) is 64.1 Å². The Hall–Kier alpha value is -3.48. The van der Waals surface area contributed by atoms with Crippen molar-refractivity contribution in [3.05, 3.63) is 71.8 Å². The maximum absolute atomic E-state index is 14.1. The fourth-order valence-corrected chi connectivity index (χ4v) is 7.49. The van der Waals surface area contributed by atoms with Gasteiger partial charge in [-0.25, -0.2) is 0 Å². The largest absolute Gasteiger partial charge is 0.851 e. The lowest BCUT2D eigenvalue weighted by molar-refractivity contribution is -0.535. The summed E-state index contributed by atoms with van der Waals surface area (Å²) in [6, 6.07) is 20.9. The summed E-state index contributed by atoms with van der Waals surface area (Å²) in [5.74, 6) is -1.15. The third-order valence-corrected chi connectivity index (χ3v) is 10.9. The fourth-order valence-electron chi connectivity index (χ4n) is 7.49. The van der Waals surface area contributed by atoms with Gasteiger partial charge in [-0.15, -0.1) is 12.2 Å². The van der Waals surface area contributed by atoms with Crippen LogP contribution in [0.3, 0.4) is 0 Å². The van der Waals surface area contributed by atoms with Gasteiger partial charge in [0.1, 0.15) is 11.3 Å². The number of nitrogens with zero attached hydrogens (tertiary/aromatic N) is 4. The van der Waals surface area contributed by atoms with Crippen molar-refractivity contribution in [1.29, 1.82) is 0 Å². The molecule has 2 heterocycles. The van der Waals surface area contributed by atoms with E-state index in [1.54, 1.807) is 0 Å². The summed E-state index contributed by atoms with van der Waals surface area (Å²) in [4.78, 5) is 9.13. The highest BCUT2D eigenvalue weighted by atomic mass is 16.3. The minimum atomic E-state index is -0.998. The molecular weight excluding hydrogens is 544 g/mol. The zero-order chi connectivity index (χ0) is 32.5. The van der Waals surface area contributed by atoms with Crippen LogP contribution in [0.15, 0.2) is 60.7 Å². The van der Waals surface area contributed by atoms with E-state index in [4.69, 9.17) is 0 Å². The molecule has 1 aliphatic carbocycles. The molecule has 0 radical (unpaired) electrons. The Kier molecular flexibility index (Phi) is 8.09. The molecular formula is C38H50N4O2-2. The van der Waals surface area contributed by atoms with Crippen molar-refractivity contribution in [2.45, 2.75) is 90.8 Å². The second-order valence-electron chi connectivity index (χ2n) is 13.0. The van der Waals surface area contributed by atoms with Gasteiger partial charge in [0.15, 0.2) is 0 Å². The topological polar surface area (TPSA) is 59.1 Å². The van der Waals surface area contributed by atoms with E-state index in [2.05, 4.69) is 124 Å². The summed E-state index contributed by atoms with van der Waals surface area (Å²) in [5.41, 5.74) is 5.94. The minimum absolute atomic E-state index is 0.196. The van der Waals surface area contributed by atoms with Crippen molar-refractivity contribution in [2.24, 2.45) is 0 Å². The van der Waals surface area contributed by atoms with E-state index in [0.29, 0.717) is 0 Å². The van der Waals surface area contributed by atoms with Gasteiger partial charge < -0.3 is 29.8 Å². The summed E-state index contributed by atoms with van der Waals surface area (Å²) in [5, 5.41) is 32.4. The van der Waals surface area contributed by atoms with Crippen LogP contribution in [0.25, 0.3) is 21.5 Å². The van der Waals surface area contributed by atoms with E-state index in [9.17, 15) is 10.2 Å². The van der Waals surface area contributed by atoms with Crippen molar-refractivity contribution < 1.29 is 10.2 Å². The standard InChI is InChI=1S/C34H38N4O2.2C2H6/c1-33(2)35(5)23-13-9-11-19-21(15-17-25(27(19)23)37(33)7)29-31(39)30(32(29)40)22-16-18-26-28-20(22)12-10-14-24(28)36(6)34(3,4)38(26)8;2*1-2/h9-18,29-32H,1-8H3;2*1-2H3/q-2;;. The average molecular weight is 595 g/mol. The first-order valence-electron chi connectivity index (χ1n) is 16.3.